The summed E-state index contributed by atoms with van der Waals surface area (Å²) in [4.78, 5) is 38.6. The van der Waals surface area contributed by atoms with Crippen molar-refractivity contribution in [1.29, 1.82) is 0 Å². The van der Waals surface area contributed by atoms with Gasteiger partial charge in [-0.15, -0.1) is 17.9 Å². The Bertz CT molecular complexity index is 1140. The number of hydrogen-bond donors (Lipinski definition) is 2. The van der Waals surface area contributed by atoms with Crippen molar-refractivity contribution < 1.29 is 23.8 Å². The fourth-order valence-corrected chi connectivity index (χ4v) is 4.44. The molecule has 2 rings (SSSR count). The molecule has 2 aromatic rings. The van der Waals surface area contributed by atoms with Crippen LogP contribution in [0.1, 0.15) is 77.7 Å². The van der Waals surface area contributed by atoms with E-state index in [9.17, 15) is 19.5 Å². The van der Waals surface area contributed by atoms with Gasteiger partial charge in [0.15, 0.2) is 5.78 Å². The topological polar surface area (TPSA) is 106 Å². The number of amides is 1. The van der Waals surface area contributed by atoms with Crippen molar-refractivity contribution in [3.63, 3.8) is 0 Å². The summed E-state index contributed by atoms with van der Waals surface area (Å²) in [5.41, 5.74) is -0.878. The van der Waals surface area contributed by atoms with Crippen LogP contribution in [0.3, 0.4) is 0 Å². The maximum absolute atomic E-state index is 12.9. The molecule has 0 aliphatic heterocycles. The molecule has 1 atom stereocenters. The Hall–Kier alpha value is -3.39. The van der Waals surface area contributed by atoms with Crippen molar-refractivity contribution in [2.24, 2.45) is 0 Å². The average Bonchev–Trinajstić information content (AvgIpc) is 3.27. The first-order valence-electron chi connectivity index (χ1n) is 11.6. The van der Waals surface area contributed by atoms with Crippen molar-refractivity contribution >= 4 is 29.3 Å². The number of ether oxygens (including phenoxy) is 1. The molecule has 35 heavy (non-hydrogen) atoms. The summed E-state index contributed by atoms with van der Waals surface area (Å²) in [7, 11) is 1.28. The summed E-state index contributed by atoms with van der Waals surface area (Å²) in [6.07, 6.45) is 11.6. The van der Waals surface area contributed by atoms with Crippen molar-refractivity contribution in [3.8, 4) is 5.75 Å². The van der Waals surface area contributed by atoms with E-state index in [1.54, 1.807) is 30.4 Å². The normalized spacial score (nSPS) is 12.5. The number of alkyl carbamates (subject to hydrolysis) is 1. The van der Waals surface area contributed by atoms with Crippen LogP contribution in [0.4, 0.5) is 4.79 Å². The summed E-state index contributed by atoms with van der Waals surface area (Å²) in [5, 5.41) is 12.9. The van der Waals surface area contributed by atoms with Gasteiger partial charge in [-0.05, 0) is 69.2 Å². The number of aryl methyl sites for hydroxylation is 1. The van der Waals surface area contributed by atoms with Crippen LogP contribution in [0.5, 0.6) is 5.75 Å². The van der Waals surface area contributed by atoms with E-state index in [0.717, 1.165) is 30.6 Å². The lowest BCUT2D eigenvalue weighted by Gasteiger charge is -2.11. The van der Waals surface area contributed by atoms with Gasteiger partial charge in [-0.1, -0.05) is 19.1 Å². The van der Waals surface area contributed by atoms with E-state index in [1.807, 2.05) is 25.1 Å². The number of carbonyl (C=O) groups excluding carboxylic acids is 2. The molecule has 2 N–H and O–H groups in total. The first-order chi connectivity index (χ1) is 16.8. The highest BCUT2D eigenvalue weighted by Gasteiger charge is 2.22. The lowest BCUT2D eigenvalue weighted by molar-refractivity contribution is 0.102. The van der Waals surface area contributed by atoms with E-state index >= 15 is 0 Å². The van der Waals surface area contributed by atoms with Gasteiger partial charge in [0.2, 0.25) is 0 Å². The highest BCUT2D eigenvalue weighted by molar-refractivity contribution is 7.12. The highest BCUT2D eigenvalue weighted by atomic mass is 32.1. The molecule has 0 aliphatic carbocycles. The monoisotopic (exact) mass is 499 g/mol. The fraction of sp³-hybridized carbons (Fsp3) is 0.370. The molecular formula is C27H33NO6S. The summed E-state index contributed by atoms with van der Waals surface area (Å²) in [5.74, 6) is -0.849. The Morgan fingerprint density at radius 1 is 1.29 bits per heavy atom. The number of thiophene rings is 1. The molecule has 0 saturated carbocycles. The van der Waals surface area contributed by atoms with E-state index in [0.29, 0.717) is 24.2 Å². The molecule has 8 heteroatoms. The van der Waals surface area contributed by atoms with Crippen LogP contribution in [-0.2, 0) is 11.2 Å². The lowest BCUT2D eigenvalue weighted by Crippen LogP contribution is -2.16. The minimum atomic E-state index is -0.860. The van der Waals surface area contributed by atoms with Gasteiger partial charge >= 0.3 is 11.7 Å². The zero-order chi connectivity index (χ0) is 25.8. The number of ketones is 1. The van der Waals surface area contributed by atoms with Crippen LogP contribution in [-0.4, -0.2) is 24.1 Å². The maximum atomic E-state index is 12.9. The Kier molecular flexibility index (Phi) is 11.2. The van der Waals surface area contributed by atoms with Gasteiger partial charge in [-0.3, -0.25) is 10.1 Å². The summed E-state index contributed by atoms with van der Waals surface area (Å²) in [6, 6.07) is 5.33. The number of Topliss-reactive ketones (excluding diaryl/α,β-unsaturated/α-hetero) is 1. The van der Waals surface area contributed by atoms with E-state index < -0.39 is 23.3 Å². The van der Waals surface area contributed by atoms with E-state index in [4.69, 9.17) is 4.42 Å². The second kappa shape index (κ2) is 14.1. The second-order valence-electron chi connectivity index (χ2n) is 8.21. The Balaban J connectivity index is 2.05. The van der Waals surface area contributed by atoms with Gasteiger partial charge in [-0.25, -0.2) is 9.59 Å². The van der Waals surface area contributed by atoms with Gasteiger partial charge in [0, 0.05) is 27.9 Å². The third-order valence-electron chi connectivity index (χ3n) is 5.41. The number of methoxy groups -OCH3 is 1. The maximum Gasteiger partial charge on any atom is 0.410 e. The minimum Gasteiger partial charge on any atom is -0.507 e. The van der Waals surface area contributed by atoms with E-state index in [1.165, 1.54) is 24.3 Å². The molecule has 0 saturated heterocycles. The minimum absolute atomic E-state index is 0.187. The van der Waals surface area contributed by atoms with Gasteiger partial charge in [0.05, 0.1) is 7.11 Å². The molecule has 7 nitrogen and oxygen atoms in total. The molecule has 0 spiro atoms. The van der Waals surface area contributed by atoms with Gasteiger partial charge in [-0.2, -0.15) is 0 Å². The molecule has 1 amide bonds. The Morgan fingerprint density at radius 3 is 2.74 bits per heavy atom. The molecule has 0 bridgehead atoms. The number of unbranched alkanes of at least 4 members (excludes halogenated alkanes) is 2. The molecule has 1 unspecified atom stereocenters. The molecule has 0 aromatic carbocycles. The van der Waals surface area contributed by atoms with Crippen molar-refractivity contribution in [2.45, 2.75) is 58.3 Å². The van der Waals surface area contributed by atoms with Crippen LogP contribution < -0.4 is 10.9 Å². The molecule has 188 valence electrons. The van der Waals surface area contributed by atoms with Crippen LogP contribution in [0.2, 0.25) is 0 Å². The summed E-state index contributed by atoms with van der Waals surface area (Å²) >= 11 is 1.61. The zero-order valence-corrected chi connectivity index (χ0v) is 21.3. The largest absolute Gasteiger partial charge is 0.507 e. The molecule has 0 radical (unpaired) electrons. The van der Waals surface area contributed by atoms with Crippen molar-refractivity contribution in [1.82, 2.24) is 5.32 Å². The van der Waals surface area contributed by atoms with Crippen LogP contribution in [0, 0.1) is 0 Å². The molecule has 0 fully saturated rings. The summed E-state index contributed by atoms with van der Waals surface area (Å²) < 4.78 is 9.84. The first-order valence-corrected chi connectivity index (χ1v) is 12.4. The van der Waals surface area contributed by atoms with Crippen LogP contribution in [0.15, 0.2) is 57.9 Å². The molecular weight excluding hydrogens is 466 g/mol. The second-order valence-corrected chi connectivity index (χ2v) is 9.41. The quantitative estimate of drug-likeness (QED) is 0.144. The molecule has 2 heterocycles. The summed E-state index contributed by atoms with van der Waals surface area (Å²) in [6.45, 7) is 7.20. The average molecular weight is 500 g/mol. The number of aromatic hydroxyl groups is 1. The smallest absolute Gasteiger partial charge is 0.410 e. The predicted octanol–water partition coefficient (Wildman–Crippen LogP) is 6.35. The number of carbonyl (C=O) groups is 2. The Labute approximate surface area is 209 Å². The molecule has 0 aliphatic rings. The number of allylic oxidation sites excluding steroid dienone is 3. The van der Waals surface area contributed by atoms with E-state index in [2.05, 4.69) is 16.6 Å². The third kappa shape index (κ3) is 8.72. The highest BCUT2D eigenvalue weighted by Crippen LogP contribution is 2.27. The fourth-order valence-electron chi connectivity index (χ4n) is 3.38. The first kappa shape index (κ1) is 27.9. The lowest BCUT2D eigenvalue weighted by atomic mass is 10.00. The van der Waals surface area contributed by atoms with E-state index in [-0.39, 0.29) is 11.5 Å². The SMILES string of the molecule is C=CCCCCc1ccc(/C=C(\C)C(=O)c2c(O)cc(C(C)CC/C=C/NC(=O)OC)oc2=O)s1. The van der Waals surface area contributed by atoms with Crippen LogP contribution in [0.25, 0.3) is 6.08 Å². The Morgan fingerprint density at radius 2 is 2.06 bits per heavy atom. The number of hydrogen-bond acceptors (Lipinski definition) is 7. The third-order valence-corrected chi connectivity index (χ3v) is 6.51. The van der Waals surface area contributed by atoms with Gasteiger partial charge in [0.1, 0.15) is 17.1 Å². The van der Waals surface area contributed by atoms with Gasteiger partial charge < -0.3 is 14.3 Å². The predicted molar refractivity (Wildman–Crippen MR) is 139 cm³/mol. The van der Waals surface area contributed by atoms with Crippen molar-refractivity contribution in [3.05, 3.63) is 80.2 Å². The number of rotatable bonds is 13. The molecule has 2 aromatic heterocycles. The number of nitrogens with one attached hydrogen (secondary N) is 1. The van der Waals surface area contributed by atoms with Crippen LogP contribution >= 0.6 is 11.3 Å². The van der Waals surface area contributed by atoms with Gasteiger partial charge in [0.25, 0.3) is 0 Å². The standard InChI is InChI=1S/C27H33NO6S/c1-5-6-7-8-12-20-13-14-21(35-20)16-19(3)25(30)24-22(29)17-23(34-26(24)31)18(2)11-9-10-15-28-27(32)33-4/h5,10,13-18,29H,1,6-9,11-12H2,2-4H3,(H,28,32)/b15-10+,19-16+. The zero-order valence-electron chi connectivity index (χ0n) is 20.5. The van der Waals surface area contributed by atoms with Crippen molar-refractivity contribution in [2.75, 3.05) is 7.11 Å².